The number of aromatic nitrogens is 4. The van der Waals surface area contributed by atoms with Gasteiger partial charge < -0.3 is 9.97 Å². The van der Waals surface area contributed by atoms with Gasteiger partial charge in [-0.25, -0.2) is 9.97 Å². The van der Waals surface area contributed by atoms with E-state index in [9.17, 15) is 9.59 Å². The SMILES string of the molecule is O=CPc1ncc(-c2cc3sc(-c4ccc5c(c4)CCc4[nH]c(PC=O)nc4-5)cc3s2)[nH]1. The molecule has 1 aliphatic rings. The zero-order valence-electron chi connectivity index (χ0n) is 16.6. The Morgan fingerprint density at radius 2 is 1.69 bits per heavy atom. The largest absolute Gasteiger partial charge is 0.341 e. The molecule has 10 heteroatoms. The zero-order chi connectivity index (χ0) is 21.7. The summed E-state index contributed by atoms with van der Waals surface area (Å²) in [4.78, 5) is 39.4. The average Bonchev–Trinajstić information content (AvgIpc) is 3.55. The van der Waals surface area contributed by atoms with Gasteiger partial charge in [0.15, 0.2) is 0 Å². The molecule has 0 amide bonds. The minimum Gasteiger partial charge on any atom is -0.341 e. The van der Waals surface area contributed by atoms with E-state index < -0.39 is 0 Å². The minimum atomic E-state index is 0.0589. The average molecular weight is 494 g/mol. The number of aromatic amines is 2. The predicted octanol–water partition coefficient (Wildman–Crippen LogP) is 4.50. The summed E-state index contributed by atoms with van der Waals surface area (Å²) in [7, 11) is 0.131. The Hall–Kier alpha value is -2.50. The summed E-state index contributed by atoms with van der Waals surface area (Å²) >= 11 is 3.53. The van der Waals surface area contributed by atoms with Crippen molar-refractivity contribution in [1.82, 2.24) is 19.9 Å². The maximum absolute atomic E-state index is 10.9. The fourth-order valence-electron chi connectivity index (χ4n) is 4.07. The first kappa shape index (κ1) is 20.1. The van der Waals surface area contributed by atoms with Crippen molar-refractivity contribution in [1.29, 1.82) is 0 Å². The van der Waals surface area contributed by atoms with Crippen molar-refractivity contribution in [2.75, 3.05) is 0 Å². The second-order valence-electron chi connectivity index (χ2n) is 7.40. The second kappa shape index (κ2) is 8.13. The molecular weight excluding hydrogens is 478 g/mol. The van der Waals surface area contributed by atoms with Crippen LogP contribution < -0.4 is 11.1 Å². The number of fused-ring (bicyclic) bond motifs is 4. The Balaban J connectivity index is 1.31. The van der Waals surface area contributed by atoms with Crippen LogP contribution in [0.5, 0.6) is 0 Å². The fraction of sp³-hybridized carbons (Fsp3) is 0.0909. The Labute approximate surface area is 194 Å². The number of aryl methyl sites for hydroxylation is 2. The van der Waals surface area contributed by atoms with Gasteiger partial charge in [0.2, 0.25) is 0 Å². The molecule has 2 N–H and O–H groups in total. The van der Waals surface area contributed by atoms with E-state index in [0.29, 0.717) is 0 Å². The highest BCUT2D eigenvalue weighted by Gasteiger charge is 2.21. The lowest BCUT2D eigenvalue weighted by molar-refractivity contribution is 0.569. The van der Waals surface area contributed by atoms with Crippen LogP contribution in [0.3, 0.4) is 0 Å². The molecule has 6 rings (SSSR count). The summed E-state index contributed by atoms with van der Waals surface area (Å²) in [6.07, 6.45) is 3.69. The minimum absolute atomic E-state index is 0.0589. The number of H-pyrrole nitrogens is 2. The second-order valence-corrected chi connectivity index (χ2v) is 11.6. The van der Waals surface area contributed by atoms with Crippen LogP contribution in [0.1, 0.15) is 11.3 Å². The number of hydrogen-bond donors (Lipinski definition) is 2. The van der Waals surface area contributed by atoms with E-state index in [2.05, 4.69) is 50.3 Å². The highest BCUT2D eigenvalue weighted by atomic mass is 32.1. The topological polar surface area (TPSA) is 91.5 Å². The van der Waals surface area contributed by atoms with E-state index in [1.54, 1.807) is 28.9 Å². The normalized spacial score (nSPS) is 13.4. The van der Waals surface area contributed by atoms with Gasteiger partial charge in [-0.05, 0) is 42.2 Å². The number of nitrogens with one attached hydrogen (secondary N) is 2. The molecule has 0 bridgehead atoms. The van der Waals surface area contributed by atoms with Crippen molar-refractivity contribution in [3.8, 4) is 32.3 Å². The molecule has 0 saturated heterocycles. The molecule has 5 aromatic rings. The van der Waals surface area contributed by atoms with Crippen molar-refractivity contribution >= 4 is 72.4 Å². The van der Waals surface area contributed by atoms with E-state index in [4.69, 9.17) is 0 Å². The first-order chi connectivity index (χ1) is 15.7. The van der Waals surface area contributed by atoms with Crippen LogP contribution in [0.2, 0.25) is 0 Å². The number of thiophene rings is 2. The maximum Gasteiger partial charge on any atom is 0.146 e. The van der Waals surface area contributed by atoms with Crippen LogP contribution in [0.25, 0.3) is 41.7 Å². The van der Waals surface area contributed by atoms with E-state index in [0.717, 1.165) is 58.0 Å². The Morgan fingerprint density at radius 3 is 2.53 bits per heavy atom. The highest BCUT2D eigenvalue weighted by molar-refractivity contribution is 7.62. The number of hydrogen-bond acceptors (Lipinski definition) is 6. The molecule has 32 heavy (non-hydrogen) atoms. The lowest BCUT2D eigenvalue weighted by Gasteiger charge is -2.16. The summed E-state index contributed by atoms with van der Waals surface area (Å²) in [5.41, 5.74) is 8.28. The fourth-order valence-corrected chi connectivity index (χ4v) is 7.39. The van der Waals surface area contributed by atoms with Gasteiger partial charge in [-0.15, -0.1) is 22.7 Å². The molecule has 0 fully saturated rings. The molecular formula is C22H16N4O2P2S2. The summed E-state index contributed by atoms with van der Waals surface area (Å²) in [6, 6.07) is 12.9. The Kier molecular flexibility index (Phi) is 5.11. The van der Waals surface area contributed by atoms with E-state index in [-0.39, 0.29) is 17.2 Å². The number of imidazole rings is 2. The summed E-state index contributed by atoms with van der Waals surface area (Å²) in [5.74, 6) is 0. The predicted molar refractivity (Wildman–Crippen MR) is 137 cm³/mol. The third kappa shape index (κ3) is 3.48. The summed E-state index contributed by atoms with van der Waals surface area (Å²) in [5, 5.41) is 0. The van der Waals surface area contributed by atoms with Crippen molar-refractivity contribution in [3.05, 3.63) is 47.8 Å². The van der Waals surface area contributed by atoms with Gasteiger partial charge >= 0.3 is 0 Å². The molecule has 2 atom stereocenters. The van der Waals surface area contributed by atoms with Crippen LogP contribution in [0.15, 0.2) is 36.5 Å². The number of carbonyl (C=O) groups excluding carboxylic acids is 2. The van der Waals surface area contributed by atoms with Crippen LogP contribution in [0, 0.1) is 0 Å². The number of benzene rings is 1. The first-order valence-corrected chi connectivity index (χ1v) is 13.7. The molecule has 1 aromatic carbocycles. The molecule has 2 unspecified atom stereocenters. The van der Waals surface area contributed by atoms with Crippen LogP contribution in [0.4, 0.5) is 0 Å². The lowest BCUT2D eigenvalue weighted by atomic mass is 9.90. The molecule has 1 aliphatic carbocycles. The van der Waals surface area contributed by atoms with E-state index >= 15 is 0 Å². The van der Waals surface area contributed by atoms with Crippen molar-refractivity contribution in [2.24, 2.45) is 0 Å². The number of rotatable bonds is 6. The van der Waals surface area contributed by atoms with Gasteiger partial charge in [-0.2, -0.15) is 0 Å². The van der Waals surface area contributed by atoms with Crippen molar-refractivity contribution in [3.63, 3.8) is 0 Å². The summed E-state index contributed by atoms with van der Waals surface area (Å²) < 4.78 is 2.50. The highest BCUT2D eigenvalue weighted by Crippen LogP contribution is 2.42. The van der Waals surface area contributed by atoms with Gasteiger partial charge in [-0.3, -0.25) is 9.59 Å². The third-order valence-electron chi connectivity index (χ3n) is 5.51. The smallest absolute Gasteiger partial charge is 0.146 e. The molecule has 4 heterocycles. The van der Waals surface area contributed by atoms with Crippen molar-refractivity contribution in [2.45, 2.75) is 12.8 Å². The maximum atomic E-state index is 10.9. The number of nitrogens with zero attached hydrogens (tertiary/aromatic N) is 2. The molecule has 6 nitrogen and oxygen atoms in total. The van der Waals surface area contributed by atoms with Crippen LogP contribution in [-0.4, -0.2) is 32.0 Å². The van der Waals surface area contributed by atoms with E-state index in [1.165, 1.54) is 31.0 Å². The first-order valence-electron chi connectivity index (χ1n) is 9.93. The quantitative estimate of drug-likeness (QED) is 0.269. The van der Waals surface area contributed by atoms with Gasteiger partial charge in [0.05, 0.1) is 22.5 Å². The van der Waals surface area contributed by atoms with Gasteiger partial charge in [0.1, 0.15) is 23.2 Å². The van der Waals surface area contributed by atoms with E-state index in [1.807, 2.05) is 0 Å². The standard InChI is InChI=1S/C22H16N4O2P2S2/c27-9-29-21-23-8-15(25-21)17-7-19-18(32-17)6-16(31-19)12-1-3-13-11(5-12)2-4-14-20(13)26-22(24-14)30-10-28/h1,3,5-10,29-30H,2,4H2,(H,23,25)(H,24,26). The third-order valence-corrected chi connectivity index (χ3v) is 9.16. The van der Waals surface area contributed by atoms with Crippen LogP contribution in [-0.2, 0) is 22.4 Å². The Bertz CT molecular complexity index is 1470. The summed E-state index contributed by atoms with van der Waals surface area (Å²) in [6.45, 7) is 0. The lowest BCUT2D eigenvalue weighted by Crippen LogP contribution is -2.03. The number of carbonyl (C=O) groups is 2. The molecule has 0 saturated carbocycles. The molecule has 158 valence electrons. The van der Waals surface area contributed by atoms with Gasteiger partial charge in [-0.1, -0.05) is 12.1 Å². The van der Waals surface area contributed by atoms with Crippen LogP contribution >= 0.6 is 39.8 Å². The van der Waals surface area contributed by atoms with Crippen molar-refractivity contribution < 1.29 is 9.59 Å². The van der Waals surface area contributed by atoms with Gasteiger partial charge in [0.25, 0.3) is 0 Å². The molecule has 0 aliphatic heterocycles. The molecule has 0 radical (unpaired) electrons. The van der Waals surface area contributed by atoms with Gasteiger partial charge in [0, 0.05) is 42.7 Å². The zero-order valence-corrected chi connectivity index (χ0v) is 20.2. The monoisotopic (exact) mass is 494 g/mol. The molecule has 0 spiro atoms. The molecule has 4 aromatic heterocycles. The Morgan fingerprint density at radius 1 is 0.906 bits per heavy atom.